The van der Waals surface area contributed by atoms with Gasteiger partial charge in [-0.25, -0.2) is 9.97 Å². The molecule has 1 aromatic rings. The minimum Gasteiger partial charge on any atom is -0.383 e. The molecule has 0 bridgehead atoms. The van der Waals surface area contributed by atoms with Crippen LogP contribution in [0.15, 0.2) is 6.33 Å². The Labute approximate surface area is 98.8 Å². The number of rotatable bonds is 2. The summed E-state index contributed by atoms with van der Waals surface area (Å²) in [5, 5.41) is 0. The molecule has 2 rings (SSSR count). The van der Waals surface area contributed by atoms with Gasteiger partial charge in [-0.15, -0.1) is 0 Å². The molecule has 1 aromatic heterocycles. The lowest BCUT2D eigenvalue weighted by Crippen LogP contribution is -2.53. The Bertz CT molecular complexity index is 437. The number of aromatic nitrogens is 2. The van der Waals surface area contributed by atoms with Gasteiger partial charge in [0.15, 0.2) is 0 Å². The van der Waals surface area contributed by atoms with Crippen LogP contribution in [0.5, 0.6) is 0 Å². The number of ether oxygens (including phenoxy) is 1. The van der Waals surface area contributed by atoms with Gasteiger partial charge in [0.05, 0.1) is 13.2 Å². The lowest BCUT2D eigenvalue weighted by molar-refractivity contribution is -0.121. The number of hydrogen-bond donors (Lipinski definition) is 2. The zero-order chi connectivity index (χ0) is 12.4. The van der Waals surface area contributed by atoms with Crippen LogP contribution in [0.4, 0.5) is 11.6 Å². The van der Waals surface area contributed by atoms with Gasteiger partial charge in [-0.1, -0.05) is 0 Å². The van der Waals surface area contributed by atoms with Crippen molar-refractivity contribution in [2.45, 2.75) is 13.0 Å². The molecule has 0 aromatic carbocycles. The molecular weight excluding hydrogens is 222 g/mol. The van der Waals surface area contributed by atoms with Crippen molar-refractivity contribution in [3.8, 4) is 0 Å². The second kappa shape index (κ2) is 4.54. The van der Waals surface area contributed by atoms with Gasteiger partial charge in [0, 0.05) is 12.1 Å². The van der Waals surface area contributed by atoms with E-state index < -0.39 is 11.9 Å². The standard InChI is InChI=1S/C10H15N5O2/c1-6-8(11)13-5-14-10(6)15-2-3-17-4-7(15)9(12)16/h5,7H,2-4H2,1H3,(H2,12,16)(H2,11,13,14). The summed E-state index contributed by atoms with van der Waals surface area (Å²) in [5.74, 6) is 0.621. The van der Waals surface area contributed by atoms with Crippen molar-refractivity contribution in [2.75, 3.05) is 30.4 Å². The van der Waals surface area contributed by atoms with E-state index in [4.69, 9.17) is 16.2 Å². The molecule has 92 valence electrons. The molecule has 0 radical (unpaired) electrons. The summed E-state index contributed by atoms with van der Waals surface area (Å²) < 4.78 is 5.25. The van der Waals surface area contributed by atoms with Crippen molar-refractivity contribution in [3.63, 3.8) is 0 Å². The predicted molar refractivity (Wildman–Crippen MR) is 62.3 cm³/mol. The van der Waals surface area contributed by atoms with Crippen molar-refractivity contribution in [2.24, 2.45) is 5.73 Å². The second-order valence-electron chi connectivity index (χ2n) is 3.89. The van der Waals surface area contributed by atoms with Gasteiger partial charge in [-0.3, -0.25) is 4.79 Å². The number of nitrogens with two attached hydrogens (primary N) is 2. The van der Waals surface area contributed by atoms with Crippen LogP contribution < -0.4 is 16.4 Å². The Morgan fingerprint density at radius 2 is 2.35 bits per heavy atom. The van der Waals surface area contributed by atoms with Gasteiger partial charge in [-0.2, -0.15) is 0 Å². The molecule has 4 N–H and O–H groups in total. The predicted octanol–water partition coefficient (Wildman–Crippen LogP) is -0.942. The van der Waals surface area contributed by atoms with Crippen molar-refractivity contribution in [1.29, 1.82) is 0 Å². The molecule has 1 fully saturated rings. The number of nitrogens with zero attached hydrogens (tertiary/aromatic N) is 3. The zero-order valence-electron chi connectivity index (χ0n) is 9.59. The maximum Gasteiger partial charge on any atom is 0.242 e. The van der Waals surface area contributed by atoms with E-state index in [2.05, 4.69) is 9.97 Å². The third kappa shape index (κ3) is 2.14. The monoisotopic (exact) mass is 237 g/mol. The van der Waals surface area contributed by atoms with Crippen LogP contribution in [-0.4, -0.2) is 41.7 Å². The molecule has 1 amide bonds. The third-order valence-electron chi connectivity index (χ3n) is 2.83. The van der Waals surface area contributed by atoms with Gasteiger partial charge in [0.2, 0.25) is 5.91 Å². The summed E-state index contributed by atoms with van der Waals surface area (Å²) in [6, 6.07) is -0.503. The van der Waals surface area contributed by atoms with Crippen LogP contribution in [0, 0.1) is 6.92 Å². The summed E-state index contributed by atoms with van der Waals surface area (Å²) in [4.78, 5) is 21.2. The number of nitrogen functional groups attached to an aromatic ring is 1. The van der Waals surface area contributed by atoms with E-state index in [1.54, 1.807) is 0 Å². The molecule has 7 nitrogen and oxygen atoms in total. The van der Waals surface area contributed by atoms with Gasteiger partial charge < -0.3 is 21.1 Å². The Balaban J connectivity index is 2.36. The minimum atomic E-state index is -0.503. The van der Waals surface area contributed by atoms with Crippen LogP contribution in [-0.2, 0) is 9.53 Å². The minimum absolute atomic E-state index is 0.276. The Morgan fingerprint density at radius 3 is 3.06 bits per heavy atom. The average Bonchev–Trinajstić information content (AvgIpc) is 2.33. The van der Waals surface area contributed by atoms with Crippen molar-refractivity contribution >= 4 is 17.5 Å². The van der Waals surface area contributed by atoms with Crippen LogP contribution >= 0.6 is 0 Å². The summed E-state index contributed by atoms with van der Waals surface area (Å²) in [6.45, 7) is 3.19. The number of amides is 1. The van der Waals surface area contributed by atoms with E-state index in [1.165, 1.54) is 6.33 Å². The fourth-order valence-corrected chi connectivity index (χ4v) is 1.84. The number of carbonyl (C=O) groups excluding carboxylic acids is 1. The van der Waals surface area contributed by atoms with E-state index in [1.807, 2.05) is 11.8 Å². The lowest BCUT2D eigenvalue weighted by Gasteiger charge is -2.35. The van der Waals surface area contributed by atoms with Gasteiger partial charge in [0.25, 0.3) is 0 Å². The molecule has 0 spiro atoms. The van der Waals surface area contributed by atoms with E-state index >= 15 is 0 Å². The van der Waals surface area contributed by atoms with Gasteiger partial charge in [-0.05, 0) is 6.92 Å². The number of primary amides is 1. The lowest BCUT2D eigenvalue weighted by atomic mass is 10.2. The first-order valence-corrected chi connectivity index (χ1v) is 5.32. The van der Waals surface area contributed by atoms with Gasteiger partial charge >= 0.3 is 0 Å². The summed E-state index contributed by atoms with van der Waals surface area (Å²) in [7, 11) is 0. The van der Waals surface area contributed by atoms with Gasteiger partial charge in [0.1, 0.15) is 24.0 Å². The van der Waals surface area contributed by atoms with Crippen LogP contribution in [0.1, 0.15) is 5.56 Å². The normalized spacial score (nSPS) is 20.3. The van der Waals surface area contributed by atoms with E-state index in [-0.39, 0.29) is 6.61 Å². The highest BCUT2D eigenvalue weighted by atomic mass is 16.5. The highest BCUT2D eigenvalue weighted by Gasteiger charge is 2.30. The highest BCUT2D eigenvalue weighted by molar-refractivity contribution is 5.84. The van der Waals surface area contributed by atoms with Crippen LogP contribution in [0.3, 0.4) is 0 Å². The molecule has 1 aliphatic rings. The molecule has 7 heteroatoms. The molecule has 2 heterocycles. The number of anilines is 2. The fourth-order valence-electron chi connectivity index (χ4n) is 1.84. The molecule has 1 unspecified atom stereocenters. The average molecular weight is 237 g/mol. The molecule has 1 aliphatic heterocycles. The SMILES string of the molecule is Cc1c(N)ncnc1N1CCOCC1C(N)=O. The van der Waals surface area contributed by atoms with Crippen molar-refractivity contribution in [1.82, 2.24) is 9.97 Å². The fraction of sp³-hybridized carbons (Fsp3) is 0.500. The zero-order valence-corrected chi connectivity index (χ0v) is 9.59. The number of carbonyl (C=O) groups is 1. The Morgan fingerprint density at radius 1 is 1.59 bits per heavy atom. The molecular formula is C10H15N5O2. The maximum atomic E-state index is 11.4. The molecule has 1 atom stereocenters. The molecule has 0 saturated carbocycles. The summed E-state index contributed by atoms with van der Waals surface area (Å²) in [5.41, 5.74) is 11.8. The second-order valence-corrected chi connectivity index (χ2v) is 3.89. The molecule has 1 saturated heterocycles. The van der Waals surface area contributed by atoms with Crippen LogP contribution in [0.2, 0.25) is 0 Å². The third-order valence-corrected chi connectivity index (χ3v) is 2.83. The topological polar surface area (TPSA) is 107 Å². The first-order chi connectivity index (χ1) is 8.11. The molecule has 17 heavy (non-hydrogen) atoms. The van der Waals surface area contributed by atoms with E-state index in [0.29, 0.717) is 24.8 Å². The Hall–Kier alpha value is -1.89. The Kier molecular flexibility index (Phi) is 3.10. The quantitative estimate of drug-likeness (QED) is 0.687. The largest absolute Gasteiger partial charge is 0.383 e. The highest BCUT2D eigenvalue weighted by Crippen LogP contribution is 2.23. The molecule has 0 aliphatic carbocycles. The first kappa shape index (κ1) is 11.6. The number of morpholine rings is 1. The van der Waals surface area contributed by atoms with Crippen LogP contribution in [0.25, 0.3) is 0 Å². The van der Waals surface area contributed by atoms with Crippen molar-refractivity contribution < 1.29 is 9.53 Å². The smallest absolute Gasteiger partial charge is 0.242 e. The summed E-state index contributed by atoms with van der Waals surface area (Å²) >= 11 is 0. The van der Waals surface area contributed by atoms with E-state index in [9.17, 15) is 4.79 Å². The number of hydrogen-bond acceptors (Lipinski definition) is 6. The first-order valence-electron chi connectivity index (χ1n) is 5.32. The van der Waals surface area contributed by atoms with E-state index in [0.717, 1.165) is 5.56 Å². The summed E-state index contributed by atoms with van der Waals surface area (Å²) in [6.07, 6.45) is 1.38. The maximum absolute atomic E-state index is 11.4. The van der Waals surface area contributed by atoms with Crippen molar-refractivity contribution in [3.05, 3.63) is 11.9 Å².